The van der Waals surface area contributed by atoms with E-state index in [2.05, 4.69) is 0 Å². The highest BCUT2D eigenvalue weighted by Crippen LogP contribution is 2.24. The van der Waals surface area contributed by atoms with Gasteiger partial charge in [-0.1, -0.05) is 72.8 Å². The zero-order valence-electron chi connectivity index (χ0n) is 23.2. The Morgan fingerprint density at radius 1 is 0.238 bits per heavy atom. The van der Waals surface area contributed by atoms with Gasteiger partial charge in [0.25, 0.3) is 0 Å². The Balaban J connectivity index is 0.000000145. The lowest BCUT2D eigenvalue weighted by molar-refractivity contribution is 0.475. The molecule has 0 saturated carbocycles. The van der Waals surface area contributed by atoms with Gasteiger partial charge in [0, 0.05) is 28.4 Å². The van der Waals surface area contributed by atoms with Crippen molar-refractivity contribution in [3.63, 3.8) is 0 Å². The average Bonchev–Trinajstić information content (AvgIpc) is 3.01. The van der Waals surface area contributed by atoms with Crippen molar-refractivity contribution < 1.29 is 5.11 Å². The maximum atomic E-state index is 9.13. The van der Waals surface area contributed by atoms with Crippen LogP contribution < -0.4 is 28.7 Å². The molecule has 0 saturated heterocycles. The third-order valence-corrected chi connectivity index (χ3v) is 6.42. The summed E-state index contributed by atoms with van der Waals surface area (Å²) in [6.07, 6.45) is 0. The summed E-state index contributed by atoms with van der Waals surface area (Å²) in [4.78, 5) is 0. The Morgan fingerprint density at radius 2 is 0.381 bits per heavy atom. The van der Waals surface area contributed by atoms with E-state index in [9.17, 15) is 0 Å². The number of rotatable bonds is 3. The van der Waals surface area contributed by atoms with E-state index < -0.39 is 0 Å². The van der Waals surface area contributed by atoms with Crippen molar-refractivity contribution in [2.24, 2.45) is 0 Å². The van der Waals surface area contributed by atoms with Crippen LogP contribution in [0.25, 0.3) is 33.4 Å². The first-order valence-electron chi connectivity index (χ1n) is 13.3. The normalized spacial score (nSPS) is 10.0. The molecule has 0 amide bonds. The molecule has 0 bridgehead atoms. The SMILES string of the molecule is Nc1ccc(-c2ccc(N)cc2)cc1.Nc1ccc(-c2ccc(N)cc2)cc1.Nc1ccc(-c2ccc(O)cc2)cc1. The second kappa shape index (κ2) is 14.0. The largest absolute Gasteiger partial charge is 0.508 e. The molecule has 6 aromatic carbocycles. The second-order valence-corrected chi connectivity index (χ2v) is 9.66. The Kier molecular flexibility index (Phi) is 9.68. The van der Waals surface area contributed by atoms with E-state index in [1.54, 1.807) is 12.1 Å². The van der Waals surface area contributed by atoms with Gasteiger partial charge in [0.1, 0.15) is 5.75 Å². The molecule has 0 atom stereocenters. The van der Waals surface area contributed by atoms with Gasteiger partial charge in [-0.05, 0) is 106 Å². The van der Waals surface area contributed by atoms with Crippen LogP contribution in [-0.4, -0.2) is 5.11 Å². The van der Waals surface area contributed by atoms with E-state index >= 15 is 0 Å². The number of anilines is 5. The van der Waals surface area contributed by atoms with Crippen LogP contribution in [0.4, 0.5) is 28.4 Å². The highest BCUT2D eigenvalue weighted by molar-refractivity contribution is 5.68. The lowest BCUT2D eigenvalue weighted by Crippen LogP contribution is -1.85. The monoisotopic (exact) mass is 553 g/mol. The maximum Gasteiger partial charge on any atom is 0.115 e. The predicted octanol–water partition coefficient (Wildman–Crippen LogP) is 7.68. The zero-order chi connectivity index (χ0) is 29.9. The quantitative estimate of drug-likeness (QED) is 0.124. The highest BCUT2D eigenvalue weighted by atomic mass is 16.3. The number of nitrogen functional groups attached to an aromatic ring is 5. The highest BCUT2D eigenvalue weighted by Gasteiger charge is 1.98. The number of aromatic hydroxyl groups is 1. The molecule has 6 rings (SSSR count). The van der Waals surface area contributed by atoms with Gasteiger partial charge in [0.2, 0.25) is 0 Å². The van der Waals surface area contributed by atoms with Crippen molar-refractivity contribution in [1.82, 2.24) is 0 Å². The van der Waals surface area contributed by atoms with E-state index in [-0.39, 0.29) is 5.75 Å². The Hall–Kier alpha value is -5.88. The van der Waals surface area contributed by atoms with Crippen molar-refractivity contribution in [1.29, 1.82) is 0 Å². The van der Waals surface area contributed by atoms with Gasteiger partial charge < -0.3 is 33.8 Å². The molecule has 0 unspecified atom stereocenters. The average molecular weight is 554 g/mol. The van der Waals surface area contributed by atoms with Gasteiger partial charge in [-0.25, -0.2) is 0 Å². The molecule has 6 nitrogen and oxygen atoms in total. The molecule has 0 heterocycles. The molecule has 0 aromatic heterocycles. The minimum absolute atomic E-state index is 0.282. The van der Waals surface area contributed by atoms with Gasteiger partial charge in [-0.15, -0.1) is 0 Å². The Bertz CT molecular complexity index is 1330. The van der Waals surface area contributed by atoms with E-state index in [0.29, 0.717) is 0 Å². The molecule has 0 radical (unpaired) electrons. The summed E-state index contributed by atoms with van der Waals surface area (Å²) < 4.78 is 0. The summed E-state index contributed by atoms with van der Waals surface area (Å²) in [5.41, 5.74) is 38.7. The first-order chi connectivity index (χ1) is 20.3. The Morgan fingerprint density at radius 3 is 0.548 bits per heavy atom. The van der Waals surface area contributed by atoms with Crippen molar-refractivity contribution in [2.45, 2.75) is 0 Å². The molecule has 6 heteroatoms. The topological polar surface area (TPSA) is 150 Å². The van der Waals surface area contributed by atoms with E-state index in [1.807, 2.05) is 133 Å². The number of hydrogen-bond donors (Lipinski definition) is 6. The summed E-state index contributed by atoms with van der Waals surface area (Å²) in [5, 5.41) is 9.13. The lowest BCUT2D eigenvalue weighted by atomic mass is 10.1. The molecule has 210 valence electrons. The van der Waals surface area contributed by atoms with Gasteiger partial charge in [-0.2, -0.15) is 0 Å². The first kappa shape index (κ1) is 29.1. The van der Waals surface area contributed by atoms with Gasteiger partial charge in [0.15, 0.2) is 0 Å². The van der Waals surface area contributed by atoms with Crippen LogP contribution in [0.15, 0.2) is 146 Å². The minimum Gasteiger partial charge on any atom is -0.508 e. The standard InChI is InChI=1S/2C12H12N2.C12H11NO/c3*13-11-5-1-9(2-6-11)10-3-7-12(14)8-4-10/h2*1-8H,13-14H2;1-8,14H,13H2. The fourth-order valence-corrected chi connectivity index (χ4v) is 4.03. The molecule has 0 aliphatic rings. The molecule has 6 aromatic rings. The predicted molar refractivity (Wildman–Crippen MR) is 179 cm³/mol. The maximum absolute atomic E-state index is 9.13. The van der Waals surface area contributed by atoms with Gasteiger partial charge in [0.05, 0.1) is 0 Å². The lowest BCUT2D eigenvalue weighted by Gasteiger charge is -2.02. The summed E-state index contributed by atoms with van der Waals surface area (Å²) in [6.45, 7) is 0. The summed E-state index contributed by atoms with van der Waals surface area (Å²) in [6, 6.07) is 45.9. The van der Waals surface area contributed by atoms with Crippen molar-refractivity contribution in [2.75, 3.05) is 28.7 Å². The fourth-order valence-electron chi connectivity index (χ4n) is 4.03. The van der Waals surface area contributed by atoms with Crippen LogP contribution in [0.1, 0.15) is 0 Å². The van der Waals surface area contributed by atoms with Crippen LogP contribution in [-0.2, 0) is 0 Å². The smallest absolute Gasteiger partial charge is 0.115 e. The van der Waals surface area contributed by atoms with Crippen molar-refractivity contribution in [3.05, 3.63) is 146 Å². The molecular formula is C36H35N5O. The summed E-state index contributed by atoms with van der Waals surface area (Å²) in [7, 11) is 0. The van der Waals surface area contributed by atoms with Crippen LogP contribution in [0.5, 0.6) is 5.75 Å². The third-order valence-electron chi connectivity index (χ3n) is 6.42. The van der Waals surface area contributed by atoms with Crippen LogP contribution >= 0.6 is 0 Å². The molecule has 0 spiro atoms. The number of hydrogen-bond acceptors (Lipinski definition) is 6. The summed E-state index contributed by atoms with van der Waals surface area (Å²) in [5.74, 6) is 0.282. The van der Waals surface area contributed by atoms with Crippen molar-refractivity contribution in [3.8, 4) is 39.1 Å². The van der Waals surface area contributed by atoms with E-state index in [1.165, 1.54) is 0 Å². The number of benzene rings is 6. The molecule has 11 N–H and O–H groups in total. The Labute approximate surface area is 246 Å². The minimum atomic E-state index is 0.282. The van der Waals surface area contributed by atoms with Crippen LogP contribution in [0.3, 0.4) is 0 Å². The first-order valence-corrected chi connectivity index (χ1v) is 13.3. The second-order valence-electron chi connectivity index (χ2n) is 9.66. The molecular weight excluding hydrogens is 518 g/mol. The molecule has 42 heavy (non-hydrogen) atoms. The molecule has 0 fully saturated rings. The third kappa shape index (κ3) is 8.56. The van der Waals surface area contributed by atoms with Gasteiger partial charge >= 0.3 is 0 Å². The van der Waals surface area contributed by atoms with Crippen molar-refractivity contribution >= 4 is 28.4 Å². The van der Waals surface area contributed by atoms with E-state index in [0.717, 1.165) is 61.8 Å². The number of phenolic OH excluding ortho intramolecular Hbond substituents is 1. The number of nitrogens with two attached hydrogens (primary N) is 5. The fraction of sp³-hybridized carbons (Fsp3) is 0. The zero-order valence-corrected chi connectivity index (χ0v) is 23.2. The van der Waals surface area contributed by atoms with Gasteiger partial charge in [-0.3, -0.25) is 0 Å². The molecule has 0 aliphatic carbocycles. The summed E-state index contributed by atoms with van der Waals surface area (Å²) >= 11 is 0. The molecule has 0 aliphatic heterocycles. The van der Waals surface area contributed by atoms with Crippen LogP contribution in [0, 0.1) is 0 Å². The number of phenols is 1. The van der Waals surface area contributed by atoms with E-state index in [4.69, 9.17) is 33.8 Å². The van der Waals surface area contributed by atoms with Crippen LogP contribution in [0.2, 0.25) is 0 Å².